The third kappa shape index (κ3) is 1.97. The molecule has 0 bridgehead atoms. The van der Waals surface area contributed by atoms with Crippen molar-refractivity contribution in [3.8, 4) is 11.3 Å². The number of nitrogens with zero attached hydrogens (tertiary/aromatic N) is 2. The van der Waals surface area contributed by atoms with Crippen LogP contribution >= 0.6 is 0 Å². The molecule has 2 aromatic heterocycles. The molecule has 0 radical (unpaired) electrons. The van der Waals surface area contributed by atoms with Gasteiger partial charge in [-0.1, -0.05) is 0 Å². The molecule has 0 saturated carbocycles. The Bertz CT molecular complexity index is 817. The maximum absolute atomic E-state index is 11.0. The summed E-state index contributed by atoms with van der Waals surface area (Å²) >= 11 is 0. The first-order valence-electron chi connectivity index (χ1n) is 5.34. The molecule has 3 aromatic rings. The second kappa shape index (κ2) is 4.05. The van der Waals surface area contributed by atoms with Gasteiger partial charge in [-0.3, -0.25) is 4.98 Å². The summed E-state index contributed by atoms with van der Waals surface area (Å²) in [6.07, 6.45) is 0. The third-order valence-electron chi connectivity index (χ3n) is 2.60. The first-order valence-corrected chi connectivity index (χ1v) is 5.34. The van der Waals surface area contributed by atoms with E-state index in [-0.39, 0.29) is 5.69 Å². The number of aromatic nitrogens is 3. The predicted octanol–water partition coefficient (Wildman–Crippen LogP) is 1.28. The molecule has 0 fully saturated rings. The number of nitrogens with one attached hydrogen (secondary N) is 1. The molecule has 0 aliphatic rings. The lowest BCUT2D eigenvalue weighted by molar-refractivity contribution is 0.0689. The van der Waals surface area contributed by atoms with Crippen LogP contribution in [0.15, 0.2) is 39.5 Å². The summed E-state index contributed by atoms with van der Waals surface area (Å²) in [5.41, 5.74) is 2.08. The van der Waals surface area contributed by atoms with E-state index in [1.54, 1.807) is 24.3 Å². The highest BCUT2D eigenvalue weighted by Gasteiger charge is 2.08. The highest BCUT2D eigenvalue weighted by molar-refractivity contribution is 5.85. The molecule has 2 heterocycles. The predicted molar refractivity (Wildman–Crippen MR) is 64.8 cm³/mol. The maximum Gasteiger partial charge on any atom is 0.417 e. The van der Waals surface area contributed by atoms with Crippen LogP contribution in [0.3, 0.4) is 0 Å². The molecule has 0 aliphatic heterocycles. The molecule has 0 aliphatic carbocycles. The highest BCUT2D eigenvalue weighted by atomic mass is 16.4. The normalized spacial score (nSPS) is 10.7. The minimum Gasteiger partial charge on any atom is -0.476 e. The first-order chi connectivity index (χ1) is 9.13. The number of hydrogen-bond acceptors (Lipinski definition) is 5. The van der Waals surface area contributed by atoms with Crippen LogP contribution < -0.4 is 5.76 Å². The second-order valence-corrected chi connectivity index (χ2v) is 3.83. The van der Waals surface area contributed by atoms with Gasteiger partial charge in [0.1, 0.15) is 0 Å². The van der Waals surface area contributed by atoms with Crippen molar-refractivity contribution in [3.63, 3.8) is 0 Å². The summed E-state index contributed by atoms with van der Waals surface area (Å²) in [6, 6.07) is 7.95. The topological polar surface area (TPSA) is 109 Å². The number of aromatic carboxylic acids is 1. The number of carboxylic acid groups (broad SMARTS) is 1. The molecule has 2 N–H and O–H groups in total. The lowest BCUT2D eigenvalue weighted by Gasteiger charge is -1.99. The molecule has 7 nitrogen and oxygen atoms in total. The van der Waals surface area contributed by atoms with Gasteiger partial charge in [0, 0.05) is 5.56 Å². The largest absolute Gasteiger partial charge is 0.476 e. The number of fused-ring (bicyclic) bond motifs is 1. The van der Waals surface area contributed by atoms with E-state index in [4.69, 9.17) is 9.52 Å². The Hall–Kier alpha value is -2.96. The molecule has 3 rings (SSSR count). The van der Waals surface area contributed by atoms with E-state index < -0.39 is 11.7 Å². The van der Waals surface area contributed by atoms with Crippen LogP contribution in [0.1, 0.15) is 10.5 Å². The third-order valence-corrected chi connectivity index (χ3v) is 2.60. The smallest absolute Gasteiger partial charge is 0.417 e. The van der Waals surface area contributed by atoms with Crippen LogP contribution in [-0.2, 0) is 0 Å². The van der Waals surface area contributed by atoms with E-state index in [0.717, 1.165) is 0 Å². The molecule has 0 amide bonds. The van der Waals surface area contributed by atoms with Crippen molar-refractivity contribution >= 4 is 17.1 Å². The SMILES string of the molecule is O=C(O)c1ccc(-c2ccc3oc(=O)[nH]c3c2)nn1. The van der Waals surface area contributed by atoms with E-state index in [0.29, 0.717) is 22.4 Å². The van der Waals surface area contributed by atoms with Gasteiger partial charge >= 0.3 is 11.7 Å². The molecule has 7 heteroatoms. The lowest BCUT2D eigenvalue weighted by atomic mass is 10.1. The zero-order valence-electron chi connectivity index (χ0n) is 9.45. The number of hydrogen-bond donors (Lipinski definition) is 2. The van der Waals surface area contributed by atoms with E-state index in [1.165, 1.54) is 6.07 Å². The molecular weight excluding hydrogens is 250 g/mol. The quantitative estimate of drug-likeness (QED) is 0.715. The Morgan fingerprint density at radius 3 is 2.74 bits per heavy atom. The van der Waals surface area contributed by atoms with Gasteiger partial charge in [0.15, 0.2) is 11.3 Å². The number of carboxylic acids is 1. The lowest BCUT2D eigenvalue weighted by Crippen LogP contribution is -2.01. The maximum atomic E-state index is 11.0. The van der Waals surface area contributed by atoms with E-state index in [1.807, 2.05) is 0 Å². The zero-order valence-corrected chi connectivity index (χ0v) is 9.45. The van der Waals surface area contributed by atoms with Crippen LogP contribution in [0.2, 0.25) is 0 Å². The monoisotopic (exact) mass is 257 g/mol. The summed E-state index contributed by atoms with van der Waals surface area (Å²) < 4.78 is 4.88. The molecule has 0 saturated heterocycles. The number of oxazole rings is 1. The van der Waals surface area contributed by atoms with Crippen molar-refractivity contribution in [2.45, 2.75) is 0 Å². The average molecular weight is 257 g/mol. The van der Waals surface area contributed by atoms with Crippen LogP contribution in [0.4, 0.5) is 0 Å². The van der Waals surface area contributed by atoms with Gasteiger partial charge in [-0.05, 0) is 30.3 Å². The van der Waals surface area contributed by atoms with Crippen molar-refractivity contribution in [3.05, 3.63) is 46.6 Å². The molecule has 0 atom stereocenters. The summed E-state index contributed by atoms with van der Waals surface area (Å²) in [5.74, 6) is -1.66. The fourth-order valence-corrected chi connectivity index (χ4v) is 1.71. The van der Waals surface area contributed by atoms with Gasteiger partial charge in [0.2, 0.25) is 0 Å². The summed E-state index contributed by atoms with van der Waals surface area (Å²) in [6.45, 7) is 0. The molecule has 19 heavy (non-hydrogen) atoms. The zero-order chi connectivity index (χ0) is 13.4. The van der Waals surface area contributed by atoms with Crippen molar-refractivity contribution in [2.75, 3.05) is 0 Å². The first kappa shape index (κ1) is 11.1. The van der Waals surface area contributed by atoms with E-state index in [9.17, 15) is 9.59 Å². The van der Waals surface area contributed by atoms with Gasteiger partial charge in [-0.25, -0.2) is 9.59 Å². The molecule has 94 valence electrons. The minimum absolute atomic E-state index is 0.124. The van der Waals surface area contributed by atoms with Crippen molar-refractivity contribution in [2.24, 2.45) is 0 Å². The van der Waals surface area contributed by atoms with Gasteiger partial charge in [-0.2, -0.15) is 0 Å². The van der Waals surface area contributed by atoms with Gasteiger partial charge in [-0.15, -0.1) is 10.2 Å². The van der Waals surface area contributed by atoms with Crippen molar-refractivity contribution in [1.82, 2.24) is 15.2 Å². The summed E-state index contributed by atoms with van der Waals surface area (Å²) in [7, 11) is 0. The van der Waals surface area contributed by atoms with Crippen molar-refractivity contribution in [1.29, 1.82) is 0 Å². The Labute approximate surface area is 105 Å². The van der Waals surface area contributed by atoms with Crippen LogP contribution in [0.5, 0.6) is 0 Å². The van der Waals surface area contributed by atoms with E-state index in [2.05, 4.69) is 15.2 Å². The average Bonchev–Trinajstić information content (AvgIpc) is 2.77. The number of aromatic amines is 1. The van der Waals surface area contributed by atoms with Crippen LogP contribution in [0, 0.1) is 0 Å². The number of H-pyrrole nitrogens is 1. The molecule has 0 unspecified atom stereocenters. The van der Waals surface area contributed by atoms with Gasteiger partial charge in [0.25, 0.3) is 0 Å². The number of benzene rings is 1. The van der Waals surface area contributed by atoms with Crippen molar-refractivity contribution < 1.29 is 14.3 Å². The Morgan fingerprint density at radius 1 is 1.21 bits per heavy atom. The van der Waals surface area contributed by atoms with Gasteiger partial charge < -0.3 is 9.52 Å². The fourth-order valence-electron chi connectivity index (χ4n) is 1.71. The number of rotatable bonds is 2. The van der Waals surface area contributed by atoms with Gasteiger partial charge in [0.05, 0.1) is 11.2 Å². The molecule has 0 spiro atoms. The second-order valence-electron chi connectivity index (χ2n) is 3.83. The number of carbonyl (C=O) groups is 1. The molecular formula is C12H7N3O4. The minimum atomic E-state index is -1.13. The molecule has 1 aromatic carbocycles. The summed E-state index contributed by atoms with van der Waals surface area (Å²) in [4.78, 5) is 24.2. The summed E-state index contributed by atoms with van der Waals surface area (Å²) in [5, 5.41) is 16.2. The Kier molecular flexibility index (Phi) is 2.38. The highest BCUT2D eigenvalue weighted by Crippen LogP contribution is 2.20. The van der Waals surface area contributed by atoms with Crippen LogP contribution in [0.25, 0.3) is 22.4 Å². The van der Waals surface area contributed by atoms with E-state index >= 15 is 0 Å². The Morgan fingerprint density at radius 2 is 2.05 bits per heavy atom. The standard InChI is InChI=1S/C12H7N3O4/c16-11(17)8-3-2-7(14-15-8)6-1-4-10-9(5-6)13-12(18)19-10/h1-5H,(H,13,18)(H,16,17). The Balaban J connectivity index is 2.07. The van der Waals surface area contributed by atoms with Crippen LogP contribution in [-0.4, -0.2) is 26.3 Å². The fraction of sp³-hybridized carbons (Fsp3) is 0.